The van der Waals surface area contributed by atoms with E-state index in [1.807, 2.05) is 0 Å². The van der Waals surface area contributed by atoms with Gasteiger partial charge in [-0.25, -0.2) is 0 Å². The van der Waals surface area contributed by atoms with E-state index in [0.717, 1.165) is 63.0 Å². The van der Waals surface area contributed by atoms with Gasteiger partial charge in [0, 0.05) is 27.7 Å². The smallest absolute Gasteiger partial charge is 0.136 e. The molecule has 1 unspecified atom stereocenters. The second-order valence-corrected chi connectivity index (χ2v) is 14.7. The second kappa shape index (κ2) is 12.6. The molecule has 0 aliphatic heterocycles. The van der Waals surface area contributed by atoms with Crippen molar-refractivity contribution in [2.45, 2.75) is 18.3 Å². The molecule has 2 heteroatoms. The van der Waals surface area contributed by atoms with Gasteiger partial charge < -0.3 is 9.32 Å². The molecule has 0 amide bonds. The molecule has 2 aliphatic carbocycles. The number of furan rings is 1. The van der Waals surface area contributed by atoms with Gasteiger partial charge >= 0.3 is 0 Å². The van der Waals surface area contributed by atoms with Crippen LogP contribution in [0.4, 0.5) is 17.1 Å². The number of rotatable bonds is 6. The van der Waals surface area contributed by atoms with E-state index in [-0.39, 0.29) is 0 Å². The van der Waals surface area contributed by atoms with Crippen LogP contribution in [-0.4, -0.2) is 0 Å². The maximum absolute atomic E-state index is 6.42. The summed E-state index contributed by atoms with van der Waals surface area (Å²) < 4.78 is 6.42. The van der Waals surface area contributed by atoms with Crippen LogP contribution in [0.3, 0.4) is 0 Å². The first-order chi connectivity index (χ1) is 27.3. The van der Waals surface area contributed by atoms with Gasteiger partial charge in [-0.1, -0.05) is 151 Å². The summed E-state index contributed by atoms with van der Waals surface area (Å²) in [6, 6.07) is 66.5. The van der Waals surface area contributed by atoms with Crippen LogP contribution in [0.15, 0.2) is 210 Å². The molecule has 260 valence electrons. The number of anilines is 3. The molecule has 0 radical (unpaired) electrons. The zero-order valence-corrected chi connectivity index (χ0v) is 30.3. The first-order valence-corrected chi connectivity index (χ1v) is 19.2. The van der Waals surface area contributed by atoms with Crippen molar-refractivity contribution in [1.29, 1.82) is 0 Å². The van der Waals surface area contributed by atoms with E-state index in [1.165, 1.54) is 44.2 Å². The summed E-state index contributed by atoms with van der Waals surface area (Å²) in [5.41, 5.74) is 15.1. The number of allylic oxidation sites excluding steroid dienone is 4. The highest BCUT2D eigenvalue weighted by Crippen LogP contribution is 2.58. The van der Waals surface area contributed by atoms with Crippen LogP contribution in [0.1, 0.15) is 29.5 Å². The number of fused-ring (bicyclic) bond motifs is 7. The lowest BCUT2D eigenvalue weighted by Gasteiger charge is -2.37. The Labute approximate surface area is 320 Å². The summed E-state index contributed by atoms with van der Waals surface area (Å²) in [7, 11) is 0. The highest BCUT2D eigenvalue weighted by atomic mass is 16.3. The van der Waals surface area contributed by atoms with Crippen LogP contribution in [-0.2, 0) is 5.41 Å². The quantitative estimate of drug-likeness (QED) is 0.171. The van der Waals surface area contributed by atoms with E-state index in [4.69, 9.17) is 4.42 Å². The van der Waals surface area contributed by atoms with Crippen molar-refractivity contribution in [3.05, 3.63) is 222 Å². The fourth-order valence-corrected chi connectivity index (χ4v) is 9.40. The maximum atomic E-state index is 6.42. The molecule has 0 saturated carbocycles. The van der Waals surface area contributed by atoms with E-state index >= 15 is 0 Å². The zero-order valence-electron chi connectivity index (χ0n) is 30.3. The molecule has 8 aromatic carbocycles. The minimum atomic E-state index is -0.409. The minimum absolute atomic E-state index is 0.409. The lowest BCUT2D eigenvalue weighted by molar-refractivity contribution is 0.669. The molecule has 2 nitrogen and oxygen atoms in total. The fraction of sp³-hybridized carbons (Fsp3) is 0.0566. The van der Waals surface area contributed by atoms with Crippen molar-refractivity contribution in [3.8, 4) is 22.3 Å². The maximum Gasteiger partial charge on any atom is 0.136 e. The topological polar surface area (TPSA) is 16.4 Å². The van der Waals surface area contributed by atoms with Crippen LogP contribution >= 0.6 is 0 Å². The predicted molar refractivity (Wildman–Crippen MR) is 230 cm³/mol. The summed E-state index contributed by atoms with van der Waals surface area (Å²) in [6.07, 6.45) is 8.96. The highest BCUT2D eigenvalue weighted by molar-refractivity contribution is 6.11. The number of hydrogen-bond donors (Lipinski definition) is 0. The van der Waals surface area contributed by atoms with Crippen molar-refractivity contribution in [2.75, 3.05) is 4.90 Å². The van der Waals surface area contributed by atoms with Gasteiger partial charge in [-0.2, -0.15) is 0 Å². The van der Waals surface area contributed by atoms with Gasteiger partial charge in [0.1, 0.15) is 11.2 Å². The monoisotopic (exact) mass is 703 g/mol. The Morgan fingerprint density at radius 3 is 2.00 bits per heavy atom. The summed E-state index contributed by atoms with van der Waals surface area (Å²) >= 11 is 0. The number of nitrogens with zero attached hydrogens (tertiary/aromatic N) is 1. The van der Waals surface area contributed by atoms with Gasteiger partial charge in [0.2, 0.25) is 0 Å². The Balaban J connectivity index is 1.14. The molecule has 1 aromatic heterocycles. The molecule has 1 heterocycles. The molecule has 0 spiro atoms. The number of para-hydroxylation sites is 2. The van der Waals surface area contributed by atoms with Gasteiger partial charge in [0.05, 0.1) is 11.1 Å². The number of benzene rings is 8. The third-order valence-corrected chi connectivity index (χ3v) is 11.8. The lowest BCUT2D eigenvalue weighted by Crippen LogP contribution is -2.30. The normalized spacial score (nSPS) is 16.0. The van der Waals surface area contributed by atoms with Crippen molar-refractivity contribution >= 4 is 49.8 Å². The average Bonchev–Trinajstić information content (AvgIpc) is 3.76. The summed E-state index contributed by atoms with van der Waals surface area (Å²) in [5, 5.41) is 4.65. The van der Waals surface area contributed by atoms with E-state index in [9.17, 15) is 0 Å². The third kappa shape index (κ3) is 4.88. The van der Waals surface area contributed by atoms with Gasteiger partial charge in [-0.15, -0.1) is 0 Å². The average molecular weight is 704 g/mol. The molecule has 1 atom stereocenters. The highest BCUT2D eigenvalue weighted by Gasteiger charge is 2.47. The van der Waals surface area contributed by atoms with Gasteiger partial charge in [0.25, 0.3) is 0 Å². The Morgan fingerprint density at radius 2 is 1.18 bits per heavy atom. The van der Waals surface area contributed by atoms with Crippen LogP contribution in [0.2, 0.25) is 0 Å². The molecule has 11 rings (SSSR count). The second-order valence-electron chi connectivity index (χ2n) is 14.7. The van der Waals surface area contributed by atoms with Crippen molar-refractivity contribution < 1.29 is 4.42 Å². The molecule has 0 N–H and O–H groups in total. The van der Waals surface area contributed by atoms with E-state index < -0.39 is 5.41 Å². The van der Waals surface area contributed by atoms with Gasteiger partial charge in [-0.05, 0) is 112 Å². The van der Waals surface area contributed by atoms with Crippen LogP contribution < -0.4 is 4.90 Å². The van der Waals surface area contributed by atoms with Crippen molar-refractivity contribution in [2.24, 2.45) is 0 Å². The third-order valence-electron chi connectivity index (χ3n) is 11.8. The molecule has 55 heavy (non-hydrogen) atoms. The van der Waals surface area contributed by atoms with Crippen molar-refractivity contribution in [3.63, 3.8) is 0 Å². The Morgan fingerprint density at radius 1 is 0.491 bits per heavy atom. The summed E-state index contributed by atoms with van der Waals surface area (Å²) in [5.74, 6) is 0. The van der Waals surface area contributed by atoms with Crippen LogP contribution in [0.25, 0.3) is 55.0 Å². The first kappa shape index (κ1) is 31.6. The molecular formula is C53H37NO. The minimum Gasteiger partial charge on any atom is -0.456 e. The molecule has 0 bridgehead atoms. The van der Waals surface area contributed by atoms with E-state index in [2.05, 4.69) is 205 Å². The largest absolute Gasteiger partial charge is 0.456 e. The fourth-order valence-electron chi connectivity index (χ4n) is 9.40. The van der Waals surface area contributed by atoms with Crippen LogP contribution in [0, 0.1) is 0 Å². The Bertz CT molecular complexity index is 2990. The Hall–Kier alpha value is -6.90. The van der Waals surface area contributed by atoms with Crippen LogP contribution in [0.5, 0.6) is 0 Å². The summed E-state index contributed by atoms with van der Waals surface area (Å²) in [4.78, 5) is 2.44. The Kier molecular flexibility index (Phi) is 7.25. The summed E-state index contributed by atoms with van der Waals surface area (Å²) in [6.45, 7) is 0. The van der Waals surface area contributed by atoms with E-state index in [0.29, 0.717) is 0 Å². The lowest BCUT2D eigenvalue weighted by atomic mass is 9.65. The van der Waals surface area contributed by atoms with Gasteiger partial charge in [0.15, 0.2) is 0 Å². The van der Waals surface area contributed by atoms with Gasteiger partial charge in [-0.3, -0.25) is 0 Å². The molecule has 9 aromatic rings. The zero-order chi connectivity index (χ0) is 36.3. The van der Waals surface area contributed by atoms with Crippen molar-refractivity contribution in [1.82, 2.24) is 0 Å². The molecular weight excluding hydrogens is 667 g/mol. The molecule has 2 aliphatic rings. The standard InChI is InChI=1S/C53H37NO/c1-4-18-39(19-5-1)53(40-20-6-2-7-21-40)48-26-14-12-25-44(48)45-30-29-42(35-49(45)53)54(41-22-8-3-9-23-41)50-27-15-13-24-43(50)38-28-31-51-46(33-38)47-32-36-16-10-11-17-37(36)34-52(47)55-51/h1-6,8-20,22-35H,7,21H2. The molecule has 0 saturated heterocycles. The SMILES string of the molecule is C1=CCCC(C2(c3ccccc3)c3ccccc3-c3ccc(N(c4ccccc4)c4ccccc4-c4ccc5oc6cc7ccccc7cc6c5c4)cc32)=C1. The molecule has 0 fully saturated rings. The number of hydrogen-bond acceptors (Lipinski definition) is 2. The predicted octanol–water partition coefficient (Wildman–Crippen LogP) is 14.5. The first-order valence-electron chi connectivity index (χ1n) is 19.2. The van der Waals surface area contributed by atoms with E-state index in [1.54, 1.807) is 0 Å².